The van der Waals surface area contributed by atoms with E-state index in [0.29, 0.717) is 0 Å². The monoisotopic (exact) mass is 334 g/mol. The maximum absolute atomic E-state index is 15.3. The standard InChI is InChI=1S/C19H17F3O2/c1-3-24-18(23)14-10-19(14,22)13-8-7-11(2)9-12(13)17-15(20)5-4-6-16(17)21/h4-9,14H,3,10H2,1-2H3/t14-,19+/m0/s1. The third-order valence-electron chi connectivity index (χ3n) is 4.32. The summed E-state index contributed by atoms with van der Waals surface area (Å²) < 4.78 is 48.5. The molecule has 126 valence electrons. The van der Waals surface area contributed by atoms with Crippen LogP contribution in [0.1, 0.15) is 24.5 Å². The molecule has 1 saturated carbocycles. The average molecular weight is 334 g/mol. The van der Waals surface area contributed by atoms with Crippen LogP contribution < -0.4 is 0 Å². The quantitative estimate of drug-likeness (QED) is 0.759. The van der Waals surface area contributed by atoms with E-state index < -0.39 is 29.2 Å². The second-order valence-electron chi connectivity index (χ2n) is 6.02. The van der Waals surface area contributed by atoms with Gasteiger partial charge in [-0.1, -0.05) is 29.8 Å². The molecule has 1 fully saturated rings. The van der Waals surface area contributed by atoms with Gasteiger partial charge >= 0.3 is 5.97 Å². The fourth-order valence-electron chi connectivity index (χ4n) is 3.03. The second kappa shape index (κ2) is 5.96. The predicted molar refractivity (Wildman–Crippen MR) is 84.1 cm³/mol. The van der Waals surface area contributed by atoms with Crippen LogP contribution in [0.25, 0.3) is 11.1 Å². The highest BCUT2D eigenvalue weighted by molar-refractivity contribution is 5.81. The lowest BCUT2D eigenvalue weighted by atomic mass is 9.92. The molecule has 0 unspecified atom stereocenters. The van der Waals surface area contributed by atoms with Crippen LogP contribution in [0.5, 0.6) is 0 Å². The smallest absolute Gasteiger partial charge is 0.312 e. The lowest BCUT2D eigenvalue weighted by molar-refractivity contribution is -0.145. The second-order valence-corrected chi connectivity index (χ2v) is 6.02. The molecule has 2 atom stereocenters. The van der Waals surface area contributed by atoms with Crippen molar-refractivity contribution in [1.29, 1.82) is 0 Å². The Morgan fingerprint density at radius 2 is 1.92 bits per heavy atom. The van der Waals surface area contributed by atoms with Crippen LogP contribution in [0, 0.1) is 24.5 Å². The number of hydrogen-bond donors (Lipinski definition) is 0. The van der Waals surface area contributed by atoms with E-state index in [1.165, 1.54) is 12.1 Å². The van der Waals surface area contributed by atoms with Gasteiger partial charge in [0, 0.05) is 6.42 Å². The minimum Gasteiger partial charge on any atom is -0.466 e. The van der Waals surface area contributed by atoms with E-state index in [9.17, 15) is 13.6 Å². The van der Waals surface area contributed by atoms with Crippen molar-refractivity contribution in [2.24, 2.45) is 5.92 Å². The summed E-state index contributed by atoms with van der Waals surface area (Å²) in [7, 11) is 0. The molecule has 0 saturated heterocycles. The molecule has 0 N–H and O–H groups in total. The van der Waals surface area contributed by atoms with E-state index in [1.807, 2.05) is 0 Å². The third-order valence-corrected chi connectivity index (χ3v) is 4.32. The SMILES string of the molecule is CCOC(=O)[C@@H]1C[C@@]1(F)c1ccc(C)cc1-c1c(F)cccc1F. The highest BCUT2D eigenvalue weighted by Crippen LogP contribution is 2.58. The first-order chi connectivity index (χ1) is 11.4. The van der Waals surface area contributed by atoms with E-state index in [0.717, 1.165) is 17.7 Å². The number of halogens is 3. The molecule has 5 heteroatoms. The van der Waals surface area contributed by atoms with Gasteiger partial charge in [-0.05, 0) is 37.1 Å². The largest absolute Gasteiger partial charge is 0.466 e. The van der Waals surface area contributed by atoms with Crippen molar-refractivity contribution in [3.05, 3.63) is 59.2 Å². The molecular formula is C19H17F3O2. The Morgan fingerprint density at radius 3 is 2.54 bits per heavy atom. The zero-order valence-electron chi connectivity index (χ0n) is 13.4. The Bertz CT molecular complexity index is 783. The molecule has 2 aromatic carbocycles. The predicted octanol–water partition coefficient (Wildman–Crippen LogP) is 4.69. The molecule has 0 heterocycles. The Hall–Kier alpha value is -2.30. The van der Waals surface area contributed by atoms with E-state index in [-0.39, 0.29) is 29.7 Å². The van der Waals surface area contributed by atoms with Gasteiger partial charge in [0.2, 0.25) is 0 Å². The van der Waals surface area contributed by atoms with E-state index in [4.69, 9.17) is 4.74 Å². The van der Waals surface area contributed by atoms with Crippen molar-refractivity contribution >= 4 is 5.97 Å². The number of rotatable bonds is 4. The number of benzene rings is 2. The number of esters is 1. The molecular weight excluding hydrogens is 317 g/mol. The van der Waals surface area contributed by atoms with Crippen molar-refractivity contribution in [1.82, 2.24) is 0 Å². The Kier molecular flexibility index (Phi) is 4.11. The number of carbonyl (C=O) groups excluding carboxylic acids is 1. The summed E-state index contributed by atoms with van der Waals surface area (Å²) in [5.74, 6) is -3.09. The van der Waals surface area contributed by atoms with Gasteiger partial charge in [-0.25, -0.2) is 13.2 Å². The molecule has 2 nitrogen and oxygen atoms in total. The van der Waals surface area contributed by atoms with Gasteiger partial charge in [-0.2, -0.15) is 0 Å². The summed E-state index contributed by atoms with van der Waals surface area (Å²) in [4.78, 5) is 11.8. The van der Waals surface area contributed by atoms with Gasteiger partial charge in [0.1, 0.15) is 11.6 Å². The maximum Gasteiger partial charge on any atom is 0.312 e. The lowest BCUT2D eigenvalue weighted by Crippen LogP contribution is -2.15. The number of ether oxygens (including phenoxy) is 1. The van der Waals surface area contributed by atoms with E-state index in [1.54, 1.807) is 26.0 Å². The van der Waals surface area contributed by atoms with Crippen molar-refractivity contribution in [2.45, 2.75) is 25.9 Å². The Morgan fingerprint density at radius 1 is 1.25 bits per heavy atom. The first-order valence-corrected chi connectivity index (χ1v) is 7.79. The van der Waals surface area contributed by atoms with Crippen LogP contribution >= 0.6 is 0 Å². The van der Waals surface area contributed by atoms with Crippen LogP contribution in [0.3, 0.4) is 0 Å². The summed E-state index contributed by atoms with van der Waals surface area (Å²) in [6.45, 7) is 3.56. The highest BCUT2D eigenvalue weighted by atomic mass is 19.1. The number of carbonyl (C=O) groups is 1. The average Bonchev–Trinajstić information content (AvgIpc) is 3.20. The van der Waals surface area contributed by atoms with Crippen LogP contribution in [0.4, 0.5) is 13.2 Å². The van der Waals surface area contributed by atoms with Crippen molar-refractivity contribution in [3.8, 4) is 11.1 Å². The van der Waals surface area contributed by atoms with Gasteiger partial charge < -0.3 is 4.74 Å². The molecule has 0 bridgehead atoms. The lowest BCUT2D eigenvalue weighted by Gasteiger charge is -2.16. The van der Waals surface area contributed by atoms with Crippen LogP contribution in [0.2, 0.25) is 0 Å². The topological polar surface area (TPSA) is 26.3 Å². The molecule has 24 heavy (non-hydrogen) atoms. The number of alkyl halides is 1. The van der Waals surface area contributed by atoms with Gasteiger partial charge in [0.25, 0.3) is 0 Å². The summed E-state index contributed by atoms with van der Waals surface area (Å²) in [6.07, 6.45) is -0.0437. The van der Waals surface area contributed by atoms with Gasteiger partial charge in [-0.15, -0.1) is 0 Å². The summed E-state index contributed by atoms with van der Waals surface area (Å²) in [5, 5.41) is 0. The summed E-state index contributed by atoms with van der Waals surface area (Å²) in [6, 6.07) is 8.22. The van der Waals surface area contributed by atoms with Crippen molar-refractivity contribution < 1.29 is 22.7 Å². The Balaban J connectivity index is 2.10. The summed E-state index contributed by atoms with van der Waals surface area (Å²) >= 11 is 0. The molecule has 3 rings (SSSR count). The van der Waals surface area contributed by atoms with E-state index >= 15 is 4.39 Å². The number of aryl methyl sites for hydroxylation is 1. The van der Waals surface area contributed by atoms with Crippen molar-refractivity contribution in [3.63, 3.8) is 0 Å². The molecule has 1 aliphatic rings. The third kappa shape index (κ3) is 2.68. The first kappa shape index (κ1) is 16.6. The normalized spacial score (nSPS) is 22.3. The zero-order valence-corrected chi connectivity index (χ0v) is 13.4. The molecule has 0 radical (unpaired) electrons. The minimum atomic E-state index is -1.95. The summed E-state index contributed by atoms with van der Waals surface area (Å²) in [5.41, 5.74) is -1.23. The maximum atomic E-state index is 15.3. The fourth-order valence-corrected chi connectivity index (χ4v) is 3.03. The van der Waals surface area contributed by atoms with Crippen LogP contribution in [-0.4, -0.2) is 12.6 Å². The molecule has 0 amide bonds. The van der Waals surface area contributed by atoms with Gasteiger partial charge in [-0.3, -0.25) is 4.79 Å². The van der Waals surface area contributed by atoms with Gasteiger partial charge in [0.05, 0.1) is 18.1 Å². The van der Waals surface area contributed by atoms with Gasteiger partial charge in [0.15, 0.2) is 5.67 Å². The fraction of sp³-hybridized carbons (Fsp3) is 0.316. The van der Waals surface area contributed by atoms with Crippen LogP contribution in [0.15, 0.2) is 36.4 Å². The highest BCUT2D eigenvalue weighted by Gasteiger charge is 2.62. The molecule has 0 aliphatic heterocycles. The molecule has 0 aromatic heterocycles. The van der Waals surface area contributed by atoms with E-state index in [2.05, 4.69) is 0 Å². The molecule has 2 aromatic rings. The minimum absolute atomic E-state index is 0.0437. The Labute approximate surface area is 138 Å². The van der Waals surface area contributed by atoms with Crippen LogP contribution in [-0.2, 0) is 15.2 Å². The zero-order chi connectivity index (χ0) is 17.5. The molecule has 0 spiro atoms. The van der Waals surface area contributed by atoms with Crippen molar-refractivity contribution in [2.75, 3.05) is 6.61 Å². The first-order valence-electron chi connectivity index (χ1n) is 7.79. The molecule has 1 aliphatic carbocycles. The number of hydrogen-bond acceptors (Lipinski definition) is 2.